The van der Waals surface area contributed by atoms with Gasteiger partial charge in [-0.2, -0.15) is 5.10 Å². The van der Waals surface area contributed by atoms with Gasteiger partial charge in [-0.3, -0.25) is 0 Å². The van der Waals surface area contributed by atoms with Crippen LogP contribution in [0.1, 0.15) is 42.8 Å². The Bertz CT molecular complexity index is 559. The number of nitrogens with zero attached hydrogens (tertiary/aromatic N) is 3. The van der Waals surface area contributed by atoms with E-state index in [9.17, 15) is 0 Å². The van der Waals surface area contributed by atoms with E-state index in [1.165, 1.54) is 11.1 Å². The topological polar surface area (TPSA) is 42.7 Å². The Morgan fingerprint density at radius 2 is 2.21 bits per heavy atom. The highest BCUT2D eigenvalue weighted by Gasteiger charge is 2.22. The molecule has 0 amide bonds. The second-order valence-electron chi connectivity index (χ2n) is 5.45. The molecular weight excluding hydrogens is 236 g/mol. The lowest BCUT2D eigenvalue weighted by Crippen LogP contribution is -2.30. The normalized spacial score (nSPS) is 18.6. The molecular formula is C15H20N4. The van der Waals surface area contributed by atoms with Crippen molar-refractivity contribution in [3.8, 4) is 0 Å². The third-order valence-corrected chi connectivity index (χ3v) is 3.77. The van der Waals surface area contributed by atoms with Gasteiger partial charge in [0.1, 0.15) is 12.2 Å². The van der Waals surface area contributed by atoms with E-state index in [-0.39, 0.29) is 0 Å². The Balaban J connectivity index is 1.87. The maximum absolute atomic E-state index is 4.43. The molecule has 19 heavy (non-hydrogen) atoms. The minimum atomic E-state index is 0.365. The third-order valence-electron chi connectivity index (χ3n) is 3.77. The molecule has 1 aromatic heterocycles. The molecule has 0 radical (unpaired) electrons. The zero-order valence-electron chi connectivity index (χ0n) is 11.5. The molecule has 0 fully saturated rings. The van der Waals surface area contributed by atoms with Gasteiger partial charge >= 0.3 is 0 Å². The molecule has 3 rings (SSSR count). The Hall–Kier alpha value is -1.68. The number of hydrogen-bond donors (Lipinski definition) is 1. The van der Waals surface area contributed by atoms with Crippen molar-refractivity contribution in [2.45, 2.75) is 38.8 Å². The predicted octanol–water partition coefficient (Wildman–Crippen LogP) is 2.29. The largest absolute Gasteiger partial charge is 0.312 e. The lowest BCUT2D eigenvalue weighted by atomic mass is 9.88. The fraction of sp³-hybridized carbons (Fsp3) is 0.467. The second-order valence-corrected chi connectivity index (χ2v) is 5.45. The van der Waals surface area contributed by atoms with E-state index >= 15 is 0 Å². The van der Waals surface area contributed by atoms with Crippen molar-refractivity contribution in [1.29, 1.82) is 0 Å². The van der Waals surface area contributed by atoms with E-state index in [1.54, 1.807) is 6.33 Å². The van der Waals surface area contributed by atoms with Gasteiger partial charge in [0.15, 0.2) is 0 Å². The standard InChI is InChI=1S/C15H20N4/c1-11(2)19-15(17-10-18-19)7-13-9-16-8-12-5-3-4-6-14(12)13/h3-6,10-11,13,16H,7-9H2,1-2H3. The van der Waals surface area contributed by atoms with Gasteiger partial charge in [0, 0.05) is 31.5 Å². The molecule has 1 aliphatic rings. The molecule has 1 aromatic carbocycles. The van der Waals surface area contributed by atoms with E-state index in [1.807, 2.05) is 4.68 Å². The zero-order chi connectivity index (χ0) is 13.2. The summed E-state index contributed by atoms with van der Waals surface area (Å²) in [4.78, 5) is 4.43. The molecule has 0 saturated carbocycles. The molecule has 0 saturated heterocycles. The van der Waals surface area contributed by atoms with E-state index in [0.29, 0.717) is 12.0 Å². The fourth-order valence-corrected chi connectivity index (χ4v) is 2.84. The van der Waals surface area contributed by atoms with Gasteiger partial charge in [0.25, 0.3) is 0 Å². The Kier molecular flexibility index (Phi) is 3.34. The first-order valence-electron chi connectivity index (χ1n) is 6.92. The number of nitrogens with one attached hydrogen (secondary N) is 1. The summed E-state index contributed by atoms with van der Waals surface area (Å²) in [6.07, 6.45) is 2.61. The molecule has 0 bridgehead atoms. The molecule has 1 aliphatic heterocycles. The number of hydrogen-bond acceptors (Lipinski definition) is 3. The van der Waals surface area contributed by atoms with Crippen LogP contribution in [0, 0.1) is 0 Å². The highest BCUT2D eigenvalue weighted by molar-refractivity contribution is 5.33. The van der Waals surface area contributed by atoms with Crippen LogP contribution in [-0.4, -0.2) is 21.3 Å². The van der Waals surface area contributed by atoms with Crippen molar-refractivity contribution < 1.29 is 0 Å². The number of rotatable bonds is 3. The number of benzene rings is 1. The monoisotopic (exact) mass is 256 g/mol. The maximum atomic E-state index is 4.43. The molecule has 100 valence electrons. The predicted molar refractivity (Wildman–Crippen MR) is 75.0 cm³/mol. The first kappa shape index (κ1) is 12.4. The quantitative estimate of drug-likeness (QED) is 0.916. The summed E-state index contributed by atoms with van der Waals surface area (Å²) in [5.74, 6) is 1.57. The summed E-state index contributed by atoms with van der Waals surface area (Å²) in [6.45, 7) is 6.28. The van der Waals surface area contributed by atoms with Crippen LogP contribution >= 0.6 is 0 Å². The molecule has 2 heterocycles. The molecule has 1 N–H and O–H groups in total. The first-order valence-corrected chi connectivity index (χ1v) is 6.92. The van der Waals surface area contributed by atoms with E-state index < -0.39 is 0 Å². The van der Waals surface area contributed by atoms with Crippen LogP contribution < -0.4 is 5.32 Å². The summed E-state index contributed by atoms with van der Waals surface area (Å²) in [7, 11) is 0. The molecule has 0 spiro atoms. The summed E-state index contributed by atoms with van der Waals surface area (Å²) in [5.41, 5.74) is 2.87. The first-order chi connectivity index (χ1) is 9.25. The summed E-state index contributed by atoms with van der Waals surface area (Å²) in [6, 6.07) is 9.06. The van der Waals surface area contributed by atoms with Crippen molar-refractivity contribution in [2.24, 2.45) is 0 Å². The van der Waals surface area contributed by atoms with Gasteiger partial charge in [0.2, 0.25) is 0 Å². The van der Waals surface area contributed by atoms with Gasteiger partial charge in [-0.15, -0.1) is 0 Å². The fourth-order valence-electron chi connectivity index (χ4n) is 2.84. The molecule has 0 aliphatic carbocycles. The van der Waals surface area contributed by atoms with Crippen molar-refractivity contribution >= 4 is 0 Å². The van der Waals surface area contributed by atoms with Gasteiger partial charge in [-0.1, -0.05) is 24.3 Å². The molecule has 1 atom stereocenters. The summed E-state index contributed by atoms with van der Waals surface area (Å²) < 4.78 is 2.03. The van der Waals surface area contributed by atoms with Crippen LogP contribution in [0.4, 0.5) is 0 Å². The Morgan fingerprint density at radius 1 is 1.37 bits per heavy atom. The SMILES string of the molecule is CC(C)n1ncnc1CC1CNCc2ccccc21. The van der Waals surface area contributed by atoms with Gasteiger partial charge in [-0.05, 0) is 25.0 Å². The lowest BCUT2D eigenvalue weighted by Gasteiger charge is -2.26. The van der Waals surface area contributed by atoms with E-state index in [2.05, 4.69) is 53.5 Å². The lowest BCUT2D eigenvalue weighted by molar-refractivity contribution is 0.472. The van der Waals surface area contributed by atoms with E-state index in [0.717, 1.165) is 25.3 Å². The van der Waals surface area contributed by atoms with Crippen molar-refractivity contribution in [2.75, 3.05) is 6.54 Å². The molecule has 4 heteroatoms. The van der Waals surface area contributed by atoms with Crippen LogP contribution in [0.15, 0.2) is 30.6 Å². The van der Waals surface area contributed by atoms with Crippen molar-refractivity contribution in [3.63, 3.8) is 0 Å². The third kappa shape index (κ3) is 2.40. The van der Waals surface area contributed by atoms with Crippen LogP contribution in [0.5, 0.6) is 0 Å². The van der Waals surface area contributed by atoms with Crippen LogP contribution in [-0.2, 0) is 13.0 Å². The number of aromatic nitrogens is 3. The summed E-state index contributed by atoms with van der Waals surface area (Å²) >= 11 is 0. The Morgan fingerprint density at radius 3 is 3.05 bits per heavy atom. The average Bonchev–Trinajstić information content (AvgIpc) is 2.87. The molecule has 4 nitrogen and oxygen atoms in total. The zero-order valence-corrected chi connectivity index (χ0v) is 11.5. The highest BCUT2D eigenvalue weighted by atomic mass is 15.3. The summed E-state index contributed by atoms with van der Waals surface area (Å²) in [5, 5.41) is 7.82. The average molecular weight is 256 g/mol. The smallest absolute Gasteiger partial charge is 0.138 e. The Labute approximate surface area is 113 Å². The second kappa shape index (κ2) is 5.13. The molecule has 1 unspecified atom stereocenters. The minimum Gasteiger partial charge on any atom is -0.312 e. The molecule has 2 aromatic rings. The van der Waals surface area contributed by atoms with Crippen LogP contribution in [0.3, 0.4) is 0 Å². The van der Waals surface area contributed by atoms with Crippen LogP contribution in [0.2, 0.25) is 0 Å². The van der Waals surface area contributed by atoms with Crippen molar-refractivity contribution in [1.82, 2.24) is 20.1 Å². The van der Waals surface area contributed by atoms with Crippen molar-refractivity contribution in [3.05, 3.63) is 47.5 Å². The highest BCUT2D eigenvalue weighted by Crippen LogP contribution is 2.26. The van der Waals surface area contributed by atoms with E-state index in [4.69, 9.17) is 0 Å². The van der Waals surface area contributed by atoms with Gasteiger partial charge < -0.3 is 5.32 Å². The van der Waals surface area contributed by atoms with Crippen LogP contribution in [0.25, 0.3) is 0 Å². The van der Waals surface area contributed by atoms with Gasteiger partial charge in [0.05, 0.1) is 0 Å². The number of fused-ring (bicyclic) bond motifs is 1. The maximum Gasteiger partial charge on any atom is 0.138 e. The minimum absolute atomic E-state index is 0.365. The van der Waals surface area contributed by atoms with Gasteiger partial charge in [-0.25, -0.2) is 9.67 Å².